The number of aromatic nitrogens is 1. The molecule has 0 bridgehead atoms. The van der Waals surface area contributed by atoms with E-state index in [1.54, 1.807) is 55.5 Å². The van der Waals surface area contributed by atoms with Crippen molar-refractivity contribution < 1.29 is 14.5 Å². The Hall–Kier alpha value is -3.79. The van der Waals surface area contributed by atoms with Gasteiger partial charge in [-0.25, -0.2) is 4.98 Å². The molecular formula is C21H18BrN5O4. The predicted octanol–water partition coefficient (Wildman–Crippen LogP) is 4.32. The van der Waals surface area contributed by atoms with Gasteiger partial charge in [-0.15, -0.1) is 0 Å². The molecule has 1 aromatic heterocycles. The van der Waals surface area contributed by atoms with Crippen molar-refractivity contribution >= 4 is 50.6 Å². The first-order chi connectivity index (χ1) is 14.7. The van der Waals surface area contributed by atoms with Gasteiger partial charge in [0.1, 0.15) is 5.82 Å². The number of halogens is 1. The second kappa shape index (κ2) is 9.35. The number of hydrogen-bond acceptors (Lipinski definition) is 6. The molecule has 158 valence electrons. The topological polar surface area (TPSA) is 117 Å². The van der Waals surface area contributed by atoms with Crippen LogP contribution in [0.4, 0.5) is 22.9 Å². The van der Waals surface area contributed by atoms with Crippen molar-refractivity contribution in [3.63, 3.8) is 0 Å². The van der Waals surface area contributed by atoms with Crippen molar-refractivity contribution in [3.05, 3.63) is 86.5 Å². The molecule has 1 heterocycles. The van der Waals surface area contributed by atoms with Gasteiger partial charge in [0, 0.05) is 53.8 Å². The van der Waals surface area contributed by atoms with Crippen LogP contribution in [0.2, 0.25) is 0 Å². The van der Waals surface area contributed by atoms with Crippen LogP contribution < -0.4 is 15.5 Å². The van der Waals surface area contributed by atoms with Crippen LogP contribution in [-0.4, -0.2) is 35.8 Å². The van der Waals surface area contributed by atoms with E-state index in [0.29, 0.717) is 22.8 Å². The maximum Gasteiger partial charge on any atom is 0.270 e. The Morgan fingerprint density at radius 3 is 2.45 bits per heavy atom. The van der Waals surface area contributed by atoms with Crippen molar-refractivity contribution in [2.24, 2.45) is 0 Å². The fraction of sp³-hybridized carbons (Fsp3) is 0.0952. The first-order valence-electron chi connectivity index (χ1n) is 9.04. The molecule has 10 heteroatoms. The third-order valence-electron chi connectivity index (χ3n) is 4.27. The van der Waals surface area contributed by atoms with Crippen molar-refractivity contribution in [2.45, 2.75) is 0 Å². The lowest BCUT2D eigenvalue weighted by molar-refractivity contribution is -0.384. The normalized spacial score (nSPS) is 10.3. The Balaban J connectivity index is 1.81. The van der Waals surface area contributed by atoms with Crippen LogP contribution >= 0.6 is 15.9 Å². The summed E-state index contributed by atoms with van der Waals surface area (Å²) in [7, 11) is 3.47. The Morgan fingerprint density at radius 2 is 1.81 bits per heavy atom. The van der Waals surface area contributed by atoms with Crippen LogP contribution in [0.1, 0.15) is 20.7 Å². The summed E-state index contributed by atoms with van der Waals surface area (Å²) in [6.45, 7) is 0. The van der Waals surface area contributed by atoms with Gasteiger partial charge in [-0.05, 0) is 52.3 Å². The van der Waals surface area contributed by atoms with E-state index in [-0.39, 0.29) is 11.3 Å². The fourth-order valence-electron chi connectivity index (χ4n) is 2.78. The van der Waals surface area contributed by atoms with Crippen LogP contribution in [0, 0.1) is 10.1 Å². The zero-order valence-electron chi connectivity index (χ0n) is 16.6. The SMILES string of the molecule is CN(C)c1ccc([N+](=O)[O-])cc1C(=O)Nc1cccc(C(=O)Nc2ccc(Br)cn2)c1. The molecule has 9 nitrogen and oxygen atoms in total. The van der Waals surface area contributed by atoms with Crippen molar-refractivity contribution in [2.75, 3.05) is 29.6 Å². The fourth-order valence-corrected chi connectivity index (χ4v) is 3.02. The highest BCUT2D eigenvalue weighted by Gasteiger charge is 2.18. The van der Waals surface area contributed by atoms with E-state index >= 15 is 0 Å². The Labute approximate surface area is 186 Å². The van der Waals surface area contributed by atoms with Gasteiger partial charge in [-0.3, -0.25) is 19.7 Å². The third-order valence-corrected chi connectivity index (χ3v) is 4.74. The molecule has 2 aromatic carbocycles. The number of amides is 2. The Morgan fingerprint density at radius 1 is 1.03 bits per heavy atom. The van der Waals surface area contributed by atoms with Gasteiger partial charge in [0.05, 0.1) is 10.5 Å². The number of benzene rings is 2. The lowest BCUT2D eigenvalue weighted by Gasteiger charge is -2.17. The zero-order valence-corrected chi connectivity index (χ0v) is 18.2. The number of nitro benzene ring substituents is 1. The molecule has 3 rings (SSSR count). The minimum absolute atomic E-state index is 0.146. The molecule has 0 unspecified atom stereocenters. The monoisotopic (exact) mass is 483 g/mol. The van der Waals surface area contributed by atoms with Crippen molar-refractivity contribution in [1.82, 2.24) is 4.98 Å². The van der Waals surface area contributed by atoms with E-state index in [9.17, 15) is 19.7 Å². The standard InChI is InChI=1S/C21H18BrN5O4/c1-26(2)18-8-7-16(27(30)31)11-17(18)21(29)24-15-5-3-4-13(10-15)20(28)25-19-9-6-14(22)12-23-19/h3-12H,1-2H3,(H,24,29)(H,23,25,28). The summed E-state index contributed by atoms with van der Waals surface area (Å²) in [5.41, 5.74) is 1.17. The van der Waals surface area contributed by atoms with Gasteiger partial charge in [0.25, 0.3) is 17.5 Å². The molecule has 3 aromatic rings. The first-order valence-corrected chi connectivity index (χ1v) is 9.84. The van der Waals surface area contributed by atoms with E-state index in [1.165, 1.54) is 24.3 Å². The van der Waals surface area contributed by atoms with E-state index in [4.69, 9.17) is 0 Å². The molecule has 0 saturated carbocycles. The number of rotatable bonds is 6. The summed E-state index contributed by atoms with van der Waals surface area (Å²) in [5.74, 6) is -0.537. The average Bonchev–Trinajstić information content (AvgIpc) is 2.75. The lowest BCUT2D eigenvalue weighted by atomic mass is 10.1. The summed E-state index contributed by atoms with van der Waals surface area (Å²) >= 11 is 3.28. The maximum atomic E-state index is 12.8. The largest absolute Gasteiger partial charge is 0.377 e. The van der Waals surface area contributed by atoms with E-state index < -0.39 is 16.7 Å². The molecule has 0 fully saturated rings. The third kappa shape index (κ3) is 5.43. The van der Waals surface area contributed by atoms with E-state index in [2.05, 4.69) is 31.5 Å². The maximum absolute atomic E-state index is 12.8. The smallest absolute Gasteiger partial charge is 0.270 e. The second-order valence-corrected chi connectivity index (χ2v) is 7.62. The average molecular weight is 484 g/mol. The first kappa shape index (κ1) is 21.9. The molecule has 2 N–H and O–H groups in total. The highest BCUT2D eigenvalue weighted by molar-refractivity contribution is 9.10. The summed E-state index contributed by atoms with van der Waals surface area (Å²) in [4.78, 5) is 41.7. The van der Waals surface area contributed by atoms with Gasteiger partial charge in [-0.1, -0.05) is 6.07 Å². The van der Waals surface area contributed by atoms with Gasteiger partial charge >= 0.3 is 0 Å². The highest BCUT2D eigenvalue weighted by atomic mass is 79.9. The van der Waals surface area contributed by atoms with E-state index in [0.717, 1.165) is 4.47 Å². The Bertz CT molecular complexity index is 1150. The number of non-ortho nitro benzene ring substituents is 1. The molecule has 0 aliphatic rings. The number of anilines is 3. The minimum Gasteiger partial charge on any atom is -0.377 e. The van der Waals surface area contributed by atoms with Crippen LogP contribution in [-0.2, 0) is 0 Å². The second-order valence-electron chi connectivity index (χ2n) is 6.70. The summed E-state index contributed by atoms with van der Waals surface area (Å²) in [6.07, 6.45) is 1.56. The molecule has 2 amide bonds. The molecule has 0 atom stereocenters. The molecule has 31 heavy (non-hydrogen) atoms. The van der Waals surface area contributed by atoms with Gasteiger partial charge < -0.3 is 15.5 Å². The van der Waals surface area contributed by atoms with Gasteiger partial charge in [-0.2, -0.15) is 0 Å². The van der Waals surface area contributed by atoms with Crippen LogP contribution in [0.25, 0.3) is 0 Å². The highest BCUT2D eigenvalue weighted by Crippen LogP contribution is 2.25. The van der Waals surface area contributed by atoms with Crippen LogP contribution in [0.3, 0.4) is 0 Å². The van der Waals surface area contributed by atoms with E-state index in [1.807, 2.05) is 0 Å². The molecule has 0 spiro atoms. The molecular weight excluding hydrogens is 466 g/mol. The number of pyridine rings is 1. The van der Waals surface area contributed by atoms with Crippen LogP contribution in [0.15, 0.2) is 65.3 Å². The summed E-state index contributed by atoms with van der Waals surface area (Å²) < 4.78 is 0.786. The molecule has 0 saturated heterocycles. The summed E-state index contributed by atoms with van der Waals surface area (Å²) in [6, 6.07) is 13.8. The number of nitro groups is 1. The van der Waals surface area contributed by atoms with Crippen molar-refractivity contribution in [1.29, 1.82) is 0 Å². The Kier molecular flexibility index (Phi) is 6.61. The molecule has 0 aliphatic heterocycles. The predicted molar refractivity (Wildman–Crippen MR) is 122 cm³/mol. The van der Waals surface area contributed by atoms with Gasteiger partial charge in [0.2, 0.25) is 0 Å². The van der Waals surface area contributed by atoms with Crippen molar-refractivity contribution in [3.8, 4) is 0 Å². The molecule has 0 aliphatic carbocycles. The zero-order chi connectivity index (χ0) is 22.5. The summed E-state index contributed by atoms with van der Waals surface area (Å²) in [5, 5.41) is 16.5. The van der Waals surface area contributed by atoms with Crippen LogP contribution in [0.5, 0.6) is 0 Å². The van der Waals surface area contributed by atoms with Gasteiger partial charge in [0.15, 0.2) is 0 Å². The number of hydrogen-bond donors (Lipinski definition) is 2. The number of nitrogens with zero attached hydrogens (tertiary/aromatic N) is 3. The number of carbonyl (C=O) groups excluding carboxylic acids is 2. The molecule has 0 radical (unpaired) electrons. The quantitative estimate of drug-likeness (QED) is 0.398. The minimum atomic E-state index is -0.558. The number of carbonyl (C=O) groups is 2. The number of nitrogens with one attached hydrogen (secondary N) is 2. The lowest BCUT2D eigenvalue weighted by Crippen LogP contribution is -2.19.